The molecule has 0 unspecified atom stereocenters. The molecule has 1 aliphatic heterocycles. The monoisotopic (exact) mass is 230 g/mol. The van der Waals surface area contributed by atoms with Gasteiger partial charge in [-0.15, -0.1) is 0 Å². The molecule has 17 heavy (non-hydrogen) atoms. The van der Waals surface area contributed by atoms with E-state index in [1.54, 1.807) is 0 Å². The molecular weight excluding hydrogens is 212 g/mol. The Morgan fingerprint density at radius 2 is 2.18 bits per heavy atom. The lowest BCUT2D eigenvalue weighted by Crippen LogP contribution is -2.45. The van der Waals surface area contributed by atoms with E-state index in [0.717, 1.165) is 29.8 Å². The molecule has 0 bridgehead atoms. The summed E-state index contributed by atoms with van der Waals surface area (Å²) in [6.07, 6.45) is 2.84. The molecule has 4 nitrogen and oxygen atoms in total. The molecule has 4 heteroatoms. The Hall–Kier alpha value is -1.42. The van der Waals surface area contributed by atoms with E-state index in [1.165, 1.54) is 11.3 Å². The average Bonchev–Trinajstić information content (AvgIpc) is 2.56. The SMILES string of the molecule is Cc1cnc2[nH]c3c(c2n1)CC(C)(C)N(C)C3. The van der Waals surface area contributed by atoms with Crippen LogP contribution in [0.1, 0.15) is 30.8 Å². The van der Waals surface area contributed by atoms with Gasteiger partial charge >= 0.3 is 0 Å². The van der Waals surface area contributed by atoms with E-state index < -0.39 is 0 Å². The first-order chi connectivity index (χ1) is 7.97. The van der Waals surface area contributed by atoms with Crippen LogP contribution in [0.25, 0.3) is 11.2 Å². The van der Waals surface area contributed by atoms with Crippen LogP contribution in [-0.2, 0) is 13.0 Å². The zero-order valence-corrected chi connectivity index (χ0v) is 10.8. The molecule has 0 saturated heterocycles. The van der Waals surface area contributed by atoms with Crippen LogP contribution in [-0.4, -0.2) is 32.4 Å². The molecule has 0 amide bonds. The maximum absolute atomic E-state index is 4.63. The fourth-order valence-corrected chi connectivity index (χ4v) is 2.48. The second-order valence-electron chi connectivity index (χ2n) is 5.64. The van der Waals surface area contributed by atoms with E-state index in [9.17, 15) is 0 Å². The van der Waals surface area contributed by atoms with E-state index in [1.807, 2.05) is 13.1 Å². The molecule has 0 aliphatic carbocycles. The molecular formula is C13H18N4. The van der Waals surface area contributed by atoms with Crippen LogP contribution < -0.4 is 0 Å². The van der Waals surface area contributed by atoms with Crippen molar-refractivity contribution in [2.24, 2.45) is 0 Å². The van der Waals surface area contributed by atoms with Crippen LogP contribution in [0.5, 0.6) is 0 Å². The summed E-state index contributed by atoms with van der Waals surface area (Å²) in [7, 11) is 2.17. The Morgan fingerprint density at radius 3 is 2.94 bits per heavy atom. The molecule has 1 N–H and O–H groups in total. The van der Waals surface area contributed by atoms with Gasteiger partial charge in [-0.1, -0.05) is 0 Å². The number of hydrogen-bond acceptors (Lipinski definition) is 3. The van der Waals surface area contributed by atoms with E-state index >= 15 is 0 Å². The maximum Gasteiger partial charge on any atom is 0.156 e. The summed E-state index contributed by atoms with van der Waals surface area (Å²) >= 11 is 0. The van der Waals surface area contributed by atoms with Crippen LogP contribution in [0.2, 0.25) is 0 Å². The fourth-order valence-electron chi connectivity index (χ4n) is 2.48. The Bertz CT molecular complexity index is 582. The van der Waals surface area contributed by atoms with E-state index in [-0.39, 0.29) is 5.54 Å². The quantitative estimate of drug-likeness (QED) is 0.753. The minimum Gasteiger partial charge on any atom is -0.340 e. The van der Waals surface area contributed by atoms with Crippen LogP contribution in [0, 0.1) is 6.92 Å². The van der Waals surface area contributed by atoms with E-state index in [0.29, 0.717) is 0 Å². The number of fused-ring (bicyclic) bond motifs is 3. The number of aryl methyl sites for hydroxylation is 1. The summed E-state index contributed by atoms with van der Waals surface area (Å²) < 4.78 is 0. The van der Waals surface area contributed by atoms with Crippen molar-refractivity contribution in [3.8, 4) is 0 Å². The largest absolute Gasteiger partial charge is 0.340 e. The van der Waals surface area contributed by atoms with Gasteiger partial charge in [0.25, 0.3) is 0 Å². The molecule has 2 aromatic rings. The molecule has 1 aliphatic rings. The molecule has 3 heterocycles. The van der Waals surface area contributed by atoms with Crippen molar-refractivity contribution in [2.75, 3.05) is 7.05 Å². The first-order valence-electron chi connectivity index (χ1n) is 6.02. The van der Waals surface area contributed by atoms with Crippen molar-refractivity contribution in [1.29, 1.82) is 0 Å². The number of H-pyrrole nitrogens is 1. The van der Waals surface area contributed by atoms with Crippen molar-refractivity contribution < 1.29 is 0 Å². The highest BCUT2D eigenvalue weighted by atomic mass is 15.2. The summed E-state index contributed by atoms with van der Waals surface area (Å²) in [5.74, 6) is 0. The third kappa shape index (κ3) is 1.55. The number of rotatable bonds is 0. The summed E-state index contributed by atoms with van der Waals surface area (Å²) in [5, 5.41) is 0. The Morgan fingerprint density at radius 1 is 1.41 bits per heavy atom. The summed E-state index contributed by atoms with van der Waals surface area (Å²) in [6.45, 7) is 7.49. The van der Waals surface area contributed by atoms with Gasteiger partial charge in [0.15, 0.2) is 5.65 Å². The molecule has 2 aromatic heterocycles. The van der Waals surface area contributed by atoms with Gasteiger partial charge in [-0.3, -0.25) is 4.90 Å². The van der Waals surface area contributed by atoms with Crippen LogP contribution >= 0.6 is 0 Å². The predicted octanol–water partition coefficient (Wildman–Crippen LogP) is 2.03. The van der Waals surface area contributed by atoms with Crippen molar-refractivity contribution in [3.63, 3.8) is 0 Å². The molecule has 90 valence electrons. The third-order valence-corrected chi connectivity index (χ3v) is 3.85. The van der Waals surface area contributed by atoms with Gasteiger partial charge in [0.1, 0.15) is 5.52 Å². The van der Waals surface area contributed by atoms with Gasteiger partial charge in [0.05, 0.1) is 11.9 Å². The Labute approximate surface area is 101 Å². The fraction of sp³-hybridized carbons (Fsp3) is 0.538. The van der Waals surface area contributed by atoms with Gasteiger partial charge in [0, 0.05) is 23.3 Å². The Balaban J connectivity index is 2.22. The predicted molar refractivity (Wildman–Crippen MR) is 67.9 cm³/mol. The van der Waals surface area contributed by atoms with E-state index in [2.05, 4.69) is 40.7 Å². The minimum absolute atomic E-state index is 0.188. The second-order valence-corrected chi connectivity index (χ2v) is 5.64. The minimum atomic E-state index is 0.188. The molecule has 0 spiro atoms. The molecule has 0 radical (unpaired) electrons. The number of hydrogen-bond donors (Lipinski definition) is 1. The van der Waals surface area contributed by atoms with Gasteiger partial charge in [-0.05, 0) is 34.2 Å². The van der Waals surface area contributed by atoms with Gasteiger partial charge in [-0.25, -0.2) is 9.97 Å². The number of nitrogens with one attached hydrogen (secondary N) is 1. The summed E-state index contributed by atoms with van der Waals surface area (Å²) in [5.41, 5.74) is 5.77. The van der Waals surface area contributed by atoms with Crippen molar-refractivity contribution in [3.05, 3.63) is 23.1 Å². The Kier molecular flexibility index (Phi) is 2.08. The summed E-state index contributed by atoms with van der Waals surface area (Å²) in [4.78, 5) is 14.8. The maximum atomic E-state index is 4.63. The van der Waals surface area contributed by atoms with Crippen molar-refractivity contribution in [1.82, 2.24) is 19.9 Å². The first-order valence-corrected chi connectivity index (χ1v) is 6.02. The third-order valence-electron chi connectivity index (χ3n) is 3.85. The zero-order chi connectivity index (χ0) is 12.2. The first kappa shape index (κ1) is 10.7. The van der Waals surface area contributed by atoms with Gasteiger partial charge in [0.2, 0.25) is 0 Å². The standard InChI is InChI=1S/C13H18N4/c1-8-6-14-12-11(15-8)9-5-13(2,3)17(4)7-10(9)16-12/h6H,5,7H2,1-4H3,(H,14,16). The molecule has 0 atom stereocenters. The zero-order valence-electron chi connectivity index (χ0n) is 10.8. The number of aromatic amines is 1. The lowest BCUT2D eigenvalue weighted by atomic mass is 9.89. The highest BCUT2D eigenvalue weighted by Crippen LogP contribution is 2.32. The highest BCUT2D eigenvalue weighted by Gasteiger charge is 2.32. The van der Waals surface area contributed by atoms with Crippen LogP contribution in [0.4, 0.5) is 0 Å². The van der Waals surface area contributed by atoms with Gasteiger partial charge in [-0.2, -0.15) is 0 Å². The van der Waals surface area contributed by atoms with Crippen molar-refractivity contribution >= 4 is 11.2 Å². The lowest BCUT2D eigenvalue weighted by Gasteiger charge is -2.39. The number of aromatic nitrogens is 3. The molecule has 0 saturated carbocycles. The smallest absolute Gasteiger partial charge is 0.156 e. The topological polar surface area (TPSA) is 44.8 Å². The van der Waals surface area contributed by atoms with Crippen molar-refractivity contribution in [2.45, 2.75) is 39.3 Å². The second kappa shape index (κ2) is 3.29. The average molecular weight is 230 g/mol. The highest BCUT2D eigenvalue weighted by molar-refractivity contribution is 5.77. The van der Waals surface area contributed by atoms with Gasteiger partial charge < -0.3 is 4.98 Å². The molecule has 3 rings (SSSR count). The van der Waals surface area contributed by atoms with Crippen LogP contribution in [0.15, 0.2) is 6.20 Å². The molecule has 0 aromatic carbocycles. The normalized spacial score (nSPS) is 19.5. The lowest BCUT2D eigenvalue weighted by molar-refractivity contribution is 0.132. The molecule has 0 fully saturated rings. The number of likely N-dealkylation sites (N-methyl/N-ethyl adjacent to an activating group) is 1. The van der Waals surface area contributed by atoms with E-state index in [4.69, 9.17) is 0 Å². The summed E-state index contributed by atoms with van der Waals surface area (Å²) in [6, 6.07) is 0. The number of nitrogens with zero attached hydrogens (tertiary/aromatic N) is 3. The van der Waals surface area contributed by atoms with Crippen LogP contribution in [0.3, 0.4) is 0 Å².